The van der Waals surface area contributed by atoms with Gasteiger partial charge in [-0.1, -0.05) is 34.1 Å². The van der Waals surface area contributed by atoms with Crippen molar-refractivity contribution in [3.63, 3.8) is 0 Å². The van der Waals surface area contributed by atoms with Crippen LogP contribution in [0.1, 0.15) is 28.1 Å². The Hall–Kier alpha value is -0.970. The summed E-state index contributed by atoms with van der Waals surface area (Å²) in [6.45, 7) is 1.85. The van der Waals surface area contributed by atoms with Crippen molar-refractivity contribution in [1.82, 2.24) is 4.90 Å². The lowest BCUT2D eigenvalue weighted by Crippen LogP contribution is -2.19. The Morgan fingerprint density at radius 2 is 2.00 bits per heavy atom. The summed E-state index contributed by atoms with van der Waals surface area (Å²) in [6.07, 6.45) is 1.54. The van der Waals surface area contributed by atoms with Crippen LogP contribution in [0.25, 0.3) is 0 Å². The van der Waals surface area contributed by atoms with Crippen molar-refractivity contribution in [2.24, 2.45) is 0 Å². The molecule has 0 amide bonds. The van der Waals surface area contributed by atoms with E-state index in [1.807, 2.05) is 17.5 Å². The molecule has 0 spiro atoms. The monoisotopic (exact) mass is 351 g/mol. The molecule has 0 saturated carbocycles. The molecule has 2 nitrogen and oxygen atoms in total. The number of nitrogens with zero attached hydrogens (tertiary/aromatic N) is 1. The molecular weight excluding hydrogens is 334 g/mol. The zero-order valence-electron chi connectivity index (χ0n) is 11.5. The number of hydrogen-bond donors (Lipinski definition) is 0. The van der Waals surface area contributed by atoms with Crippen molar-refractivity contribution in [2.75, 3.05) is 13.6 Å². The molecule has 1 heterocycles. The lowest BCUT2D eigenvalue weighted by Gasteiger charge is -2.16. The van der Waals surface area contributed by atoms with Crippen molar-refractivity contribution in [3.05, 3.63) is 56.7 Å². The lowest BCUT2D eigenvalue weighted by atomic mass is 10.1. The smallest absolute Gasteiger partial charge is 0.172 e. The minimum Gasteiger partial charge on any atom is -0.302 e. The molecule has 0 aliphatic heterocycles. The topological polar surface area (TPSA) is 20.3 Å². The highest BCUT2D eigenvalue weighted by molar-refractivity contribution is 9.10. The van der Waals surface area contributed by atoms with Crippen molar-refractivity contribution in [2.45, 2.75) is 19.4 Å². The third-order valence-electron chi connectivity index (χ3n) is 3.11. The lowest BCUT2D eigenvalue weighted by molar-refractivity contribution is 0.0980. The first-order chi connectivity index (χ1) is 9.65. The minimum absolute atomic E-state index is 0.261. The van der Waals surface area contributed by atoms with Crippen molar-refractivity contribution in [3.8, 4) is 0 Å². The first kappa shape index (κ1) is 15.4. The van der Waals surface area contributed by atoms with Gasteiger partial charge >= 0.3 is 0 Å². The van der Waals surface area contributed by atoms with Gasteiger partial charge in [0.2, 0.25) is 0 Å². The number of benzene rings is 1. The van der Waals surface area contributed by atoms with Gasteiger partial charge in [-0.3, -0.25) is 4.79 Å². The molecule has 0 radical (unpaired) electrons. The summed E-state index contributed by atoms with van der Waals surface area (Å²) in [7, 11) is 2.09. The zero-order valence-corrected chi connectivity index (χ0v) is 13.9. The van der Waals surface area contributed by atoms with Crippen LogP contribution in [0.15, 0.2) is 46.3 Å². The number of carbonyl (C=O) groups is 1. The molecule has 2 rings (SSSR count). The molecule has 0 fully saturated rings. The second kappa shape index (κ2) is 7.72. The van der Waals surface area contributed by atoms with Crippen LogP contribution in [0, 0.1) is 0 Å². The van der Waals surface area contributed by atoms with Crippen LogP contribution in [0.5, 0.6) is 0 Å². The normalized spacial score (nSPS) is 10.9. The Balaban J connectivity index is 1.71. The van der Waals surface area contributed by atoms with Crippen LogP contribution >= 0.6 is 27.3 Å². The maximum absolute atomic E-state index is 11.9. The molecule has 2 aromatic rings. The molecule has 1 aromatic carbocycles. The van der Waals surface area contributed by atoms with Gasteiger partial charge in [0.15, 0.2) is 5.78 Å². The standard InChI is InChI=1S/C16H18BrNOS/c1-18(12-13-6-8-14(17)9-7-13)10-2-4-15(19)16-5-3-11-20-16/h3,5-9,11H,2,4,10,12H2,1H3. The van der Waals surface area contributed by atoms with Crippen LogP contribution in [0.2, 0.25) is 0 Å². The highest BCUT2D eigenvalue weighted by Crippen LogP contribution is 2.14. The fourth-order valence-corrected chi connectivity index (χ4v) is 3.01. The van der Waals surface area contributed by atoms with E-state index in [9.17, 15) is 4.79 Å². The van der Waals surface area contributed by atoms with Crippen LogP contribution < -0.4 is 0 Å². The van der Waals surface area contributed by atoms with Gasteiger partial charge in [0.05, 0.1) is 4.88 Å². The van der Waals surface area contributed by atoms with Crippen molar-refractivity contribution in [1.29, 1.82) is 0 Å². The Bertz CT molecular complexity index is 536. The third kappa shape index (κ3) is 4.85. The van der Waals surface area contributed by atoms with Gasteiger partial charge in [-0.05, 0) is 49.2 Å². The van der Waals surface area contributed by atoms with Crippen LogP contribution in [0.4, 0.5) is 0 Å². The quantitative estimate of drug-likeness (QED) is 0.679. The van der Waals surface area contributed by atoms with E-state index in [-0.39, 0.29) is 5.78 Å². The van der Waals surface area contributed by atoms with Crippen LogP contribution in [0.3, 0.4) is 0 Å². The van der Waals surface area contributed by atoms with Crippen LogP contribution in [-0.2, 0) is 6.54 Å². The summed E-state index contributed by atoms with van der Waals surface area (Å²) >= 11 is 4.96. The predicted octanol–water partition coefficient (Wildman–Crippen LogP) is 4.61. The molecule has 0 atom stereocenters. The highest BCUT2D eigenvalue weighted by atomic mass is 79.9. The van der Waals surface area contributed by atoms with Crippen molar-refractivity contribution < 1.29 is 4.79 Å². The number of hydrogen-bond acceptors (Lipinski definition) is 3. The SMILES string of the molecule is CN(CCCC(=O)c1cccs1)Cc1ccc(Br)cc1. The fraction of sp³-hybridized carbons (Fsp3) is 0.312. The molecular formula is C16H18BrNOS. The molecule has 0 unspecified atom stereocenters. The summed E-state index contributed by atoms with van der Waals surface area (Å²) in [4.78, 5) is 15.0. The van der Waals surface area contributed by atoms with E-state index in [0.717, 1.165) is 28.9 Å². The number of halogens is 1. The number of rotatable bonds is 7. The largest absolute Gasteiger partial charge is 0.302 e. The molecule has 0 saturated heterocycles. The average Bonchev–Trinajstić information content (AvgIpc) is 2.95. The van der Waals surface area contributed by atoms with Gasteiger partial charge in [-0.2, -0.15) is 0 Å². The number of ketones is 1. The van der Waals surface area contributed by atoms with Gasteiger partial charge in [0, 0.05) is 17.4 Å². The summed E-state index contributed by atoms with van der Waals surface area (Å²) in [6, 6.07) is 12.2. The van der Waals surface area contributed by atoms with E-state index < -0.39 is 0 Å². The van der Waals surface area contributed by atoms with E-state index in [1.165, 1.54) is 16.9 Å². The summed E-state index contributed by atoms with van der Waals surface area (Å²) < 4.78 is 1.10. The maximum Gasteiger partial charge on any atom is 0.172 e. The molecule has 0 N–H and O–H groups in total. The second-order valence-electron chi connectivity index (χ2n) is 4.87. The number of Topliss-reactive ketones (excluding diaryl/α,β-unsaturated/α-hetero) is 1. The first-order valence-electron chi connectivity index (χ1n) is 6.65. The molecule has 4 heteroatoms. The molecule has 0 aliphatic rings. The van der Waals surface area contributed by atoms with E-state index in [2.05, 4.69) is 52.1 Å². The first-order valence-corrected chi connectivity index (χ1v) is 8.32. The van der Waals surface area contributed by atoms with E-state index in [1.54, 1.807) is 0 Å². The number of carbonyl (C=O) groups excluding carboxylic acids is 1. The predicted molar refractivity (Wildman–Crippen MR) is 88.4 cm³/mol. The van der Waals surface area contributed by atoms with Gasteiger partial charge in [0.25, 0.3) is 0 Å². The van der Waals surface area contributed by atoms with E-state index in [4.69, 9.17) is 0 Å². The maximum atomic E-state index is 11.9. The molecule has 20 heavy (non-hydrogen) atoms. The molecule has 0 aliphatic carbocycles. The zero-order chi connectivity index (χ0) is 14.4. The Labute approximate surface area is 132 Å². The average molecular weight is 352 g/mol. The third-order valence-corrected chi connectivity index (χ3v) is 4.54. The Morgan fingerprint density at radius 1 is 1.25 bits per heavy atom. The minimum atomic E-state index is 0.261. The highest BCUT2D eigenvalue weighted by Gasteiger charge is 2.07. The van der Waals surface area contributed by atoms with Gasteiger partial charge in [-0.25, -0.2) is 0 Å². The summed E-state index contributed by atoms with van der Waals surface area (Å²) in [5.74, 6) is 0.261. The summed E-state index contributed by atoms with van der Waals surface area (Å²) in [5.41, 5.74) is 1.29. The van der Waals surface area contributed by atoms with Gasteiger partial charge in [-0.15, -0.1) is 11.3 Å². The van der Waals surface area contributed by atoms with Crippen LogP contribution in [-0.4, -0.2) is 24.3 Å². The molecule has 106 valence electrons. The van der Waals surface area contributed by atoms with Crippen molar-refractivity contribution >= 4 is 33.0 Å². The Kier molecular flexibility index (Phi) is 5.95. The van der Waals surface area contributed by atoms with Gasteiger partial charge < -0.3 is 4.90 Å². The second-order valence-corrected chi connectivity index (χ2v) is 6.73. The van der Waals surface area contributed by atoms with Gasteiger partial charge in [0.1, 0.15) is 0 Å². The summed E-state index contributed by atoms with van der Waals surface area (Å²) in [5, 5.41) is 1.95. The molecule has 0 bridgehead atoms. The fourth-order valence-electron chi connectivity index (χ4n) is 2.05. The Morgan fingerprint density at radius 3 is 2.65 bits per heavy atom. The van der Waals surface area contributed by atoms with E-state index in [0.29, 0.717) is 6.42 Å². The number of thiophene rings is 1. The van der Waals surface area contributed by atoms with E-state index >= 15 is 0 Å². The molecule has 1 aromatic heterocycles.